The zero-order valence-corrected chi connectivity index (χ0v) is 19.0. The summed E-state index contributed by atoms with van der Waals surface area (Å²) in [7, 11) is 1.58. The molecule has 2 aliphatic heterocycles. The monoisotopic (exact) mass is 474 g/mol. The van der Waals surface area contributed by atoms with Gasteiger partial charge in [-0.25, -0.2) is 4.79 Å². The van der Waals surface area contributed by atoms with Gasteiger partial charge < -0.3 is 19.7 Å². The number of methoxy groups -OCH3 is 1. The Morgan fingerprint density at radius 3 is 2.53 bits per heavy atom. The molecule has 0 radical (unpaired) electrons. The molecule has 2 fully saturated rings. The average Bonchev–Trinajstić information content (AvgIpc) is 2.85. The van der Waals surface area contributed by atoms with Gasteiger partial charge in [0.05, 0.1) is 7.11 Å². The number of nitrogens with zero attached hydrogens (tertiary/aromatic N) is 1. The third-order valence-electron chi connectivity index (χ3n) is 5.61. The Morgan fingerprint density at radius 1 is 1.16 bits per heavy atom. The van der Waals surface area contributed by atoms with Crippen LogP contribution in [0.1, 0.15) is 15.9 Å². The number of hydrogen-bond donors (Lipinski definition) is 1. The predicted molar refractivity (Wildman–Crippen MR) is 122 cm³/mol. The number of carbonyl (C=O) groups excluding carboxylic acids is 3. The number of rotatable bonds is 7. The van der Waals surface area contributed by atoms with Crippen LogP contribution in [-0.2, 0) is 20.9 Å². The second-order valence-electron chi connectivity index (χ2n) is 7.60. The number of hydrogen-bond acceptors (Lipinski definition) is 6. The fourth-order valence-corrected chi connectivity index (χ4v) is 5.77. The minimum absolute atomic E-state index is 0.0857. The lowest BCUT2D eigenvalue weighted by Gasteiger charge is -2.54. The first-order valence-electron chi connectivity index (χ1n) is 10.2. The Balaban J connectivity index is 1.42. The van der Waals surface area contributed by atoms with Gasteiger partial charge in [-0.1, -0.05) is 30.3 Å². The molecule has 4 rings (SSSR count). The molecule has 2 saturated heterocycles. The van der Waals surface area contributed by atoms with Crippen molar-refractivity contribution in [1.82, 2.24) is 10.2 Å². The van der Waals surface area contributed by atoms with E-state index in [1.165, 1.54) is 16.7 Å². The maximum Gasteiger partial charge on any atom is 0.329 e. The third kappa shape index (κ3) is 4.42. The molecule has 0 aromatic heterocycles. The molecular formula is C23H23ClN2O5S. The van der Waals surface area contributed by atoms with Crippen LogP contribution in [-0.4, -0.2) is 58.9 Å². The molecule has 7 nitrogen and oxygen atoms in total. The van der Waals surface area contributed by atoms with E-state index in [-0.39, 0.29) is 35.6 Å². The minimum Gasteiger partial charge on any atom is -0.497 e. The number of alkyl halides is 1. The van der Waals surface area contributed by atoms with Gasteiger partial charge in [0.15, 0.2) is 0 Å². The van der Waals surface area contributed by atoms with Gasteiger partial charge in [0.1, 0.15) is 29.8 Å². The first kappa shape index (κ1) is 22.5. The molecule has 2 aliphatic rings. The van der Waals surface area contributed by atoms with Crippen molar-refractivity contribution in [3.63, 3.8) is 0 Å². The summed E-state index contributed by atoms with van der Waals surface area (Å²) in [5.41, 5.74) is 1.29. The van der Waals surface area contributed by atoms with Gasteiger partial charge in [0.25, 0.3) is 5.91 Å². The van der Waals surface area contributed by atoms with Crippen LogP contribution in [0.15, 0.2) is 54.6 Å². The summed E-state index contributed by atoms with van der Waals surface area (Å²) in [4.78, 5) is 39.9. The van der Waals surface area contributed by atoms with E-state index < -0.39 is 18.1 Å². The zero-order chi connectivity index (χ0) is 22.7. The van der Waals surface area contributed by atoms with Crippen LogP contribution in [0.25, 0.3) is 0 Å². The lowest BCUT2D eigenvalue weighted by Crippen LogP contribution is -2.76. The fourth-order valence-electron chi connectivity index (χ4n) is 3.84. The molecule has 2 amide bonds. The number of thioether (sulfide) groups is 1. The lowest BCUT2D eigenvalue weighted by molar-refractivity contribution is -0.167. The molecule has 32 heavy (non-hydrogen) atoms. The highest BCUT2D eigenvalue weighted by Gasteiger charge is 2.58. The maximum absolute atomic E-state index is 13.0. The highest BCUT2D eigenvalue weighted by Crippen LogP contribution is 2.41. The zero-order valence-electron chi connectivity index (χ0n) is 17.4. The standard InChI is InChI=1S/C23H23ClN2O5S/c1-30-17-9-7-14(8-10-17)12-31-23(29)19-16(11-24)13-32-22-18(21(28)26(19)22)25-20(27)15-5-3-2-4-6-15/h2-10,16,18-19,22H,11-13H2,1H3,(H,25,27). The van der Waals surface area contributed by atoms with Crippen LogP contribution in [0, 0.1) is 5.92 Å². The molecule has 1 N–H and O–H groups in total. The highest BCUT2D eigenvalue weighted by molar-refractivity contribution is 8.00. The van der Waals surface area contributed by atoms with E-state index in [2.05, 4.69) is 5.32 Å². The number of amides is 2. The summed E-state index contributed by atoms with van der Waals surface area (Å²) >= 11 is 7.63. The largest absolute Gasteiger partial charge is 0.497 e. The molecule has 0 bridgehead atoms. The molecule has 0 saturated carbocycles. The van der Waals surface area contributed by atoms with Gasteiger partial charge in [0.2, 0.25) is 5.91 Å². The van der Waals surface area contributed by atoms with E-state index in [9.17, 15) is 14.4 Å². The normalized spacial score (nSPS) is 24.2. The number of ether oxygens (including phenoxy) is 2. The Hall–Kier alpha value is -2.71. The second-order valence-corrected chi connectivity index (χ2v) is 9.06. The predicted octanol–water partition coefficient (Wildman–Crippen LogP) is 2.68. The van der Waals surface area contributed by atoms with Crippen molar-refractivity contribution in [1.29, 1.82) is 0 Å². The van der Waals surface area contributed by atoms with Crippen LogP contribution in [0.2, 0.25) is 0 Å². The molecule has 4 atom stereocenters. The van der Waals surface area contributed by atoms with Crippen molar-refractivity contribution >= 4 is 41.1 Å². The number of fused-ring (bicyclic) bond motifs is 1. The van der Waals surface area contributed by atoms with E-state index in [4.69, 9.17) is 21.1 Å². The smallest absolute Gasteiger partial charge is 0.329 e. The Kier molecular flexibility index (Phi) is 6.91. The van der Waals surface area contributed by atoms with Crippen molar-refractivity contribution in [2.24, 2.45) is 5.92 Å². The van der Waals surface area contributed by atoms with Gasteiger partial charge in [-0.15, -0.1) is 23.4 Å². The SMILES string of the molecule is COc1ccc(COC(=O)C2C(CCl)CSC3C(NC(=O)c4ccccc4)C(=O)N32)cc1. The summed E-state index contributed by atoms with van der Waals surface area (Å²) < 4.78 is 10.7. The molecular weight excluding hydrogens is 452 g/mol. The molecule has 168 valence electrons. The second kappa shape index (κ2) is 9.83. The van der Waals surface area contributed by atoms with Crippen molar-refractivity contribution in [2.45, 2.75) is 24.1 Å². The Morgan fingerprint density at radius 2 is 1.88 bits per heavy atom. The molecule has 2 heterocycles. The molecule has 0 spiro atoms. The topological polar surface area (TPSA) is 84.9 Å². The van der Waals surface area contributed by atoms with Crippen LogP contribution < -0.4 is 10.1 Å². The number of β-lactam (4-membered cyclic amide) rings is 1. The van der Waals surface area contributed by atoms with Gasteiger partial charge in [-0.2, -0.15) is 0 Å². The van der Waals surface area contributed by atoms with Crippen molar-refractivity contribution in [2.75, 3.05) is 18.7 Å². The van der Waals surface area contributed by atoms with Crippen LogP contribution in [0.4, 0.5) is 0 Å². The van der Waals surface area contributed by atoms with Crippen LogP contribution in [0.5, 0.6) is 5.75 Å². The summed E-state index contributed by atoms with van der Waals surface area (Å²) in [5, 5.41) is 2.47. The van der Waals surface area contributed by atoms with E-state index in [0.29, 0.717) is 17.1 Å². The summed E-state index contributed by atoms with van der Waals surface area (Å²) in [6, 6.07) is 14.5. The van der Waals surface area contributed by atoms with Gasteiger partial charge >= 0.3 is 5.97 Å². The van der Waals surface area contributed by atoms with Gasteiger partial charge in [-0.3, -0.25) is 9.59 Å². The maximum atomic E-state index is 13.0. The van der Waals surface area contributed by atoms with Gasteiger partial charge in [-0.05, 0) is 29.8 Å². The Labute approximate surface area is 195 Å². The average molecular weight is 475 g/mol. The first-order valence-corrected chi connectivity index (χ1v) is 11.8. The quantitative estimate of drug-likeness (QED) is 0.377. The molecule has 9 heteroatoms. The number of esters is 1. The summed E-state index contributed by atoms with van der Waals surface area (Å²) in [5.74, 6) is 0.207. The lowest BCUT2D eigenvalue weighted by atomic mass is 9.94. The molecule has 0 aliphatic carbocycles. The van der Waals surface area contributed by atoms with Crippen LogP contribution >= 0.6 is 23.4 Å². The van der Waals surface area contributed by atoms with Gasteiger partial charge in [0, 0.05) is 23.1 Å². The van der Waals surface area contributed by atoms with Crippen molar-refractivity contribution in [3.8, 4) is 5.75 Å². The van der Waals surface area contributed by atoms with E-state index >= 15 is 0 Å². The molecule has 2 aromatic rings. The van der Waals surface area contributed by atoms with E-state index in [0.717, 1.165) is 5.56 Å². The molecule has 4 unspecified atom stereocenters. The molecule has 2 aromatic carbocycles. The Bertz CT molecular complexity index is 988. The number of nitrogens with one attached hydrogen (secondary N) is 1. The number of carbonyl (C=O) groups is 3. The van der Waals surface area contributed by atoms with Crippen LogP contribution in [0.3, 0.4) is 0 Å². The third-order valence-corrected chi connectivity index (χ3v) is 7.47. The van der Waals surface area contributed by atoms with Crippen molar-refractivity contribution < 1.29 is 23.9 Å². The van der Waals surface area contributed by atoms with E-state index in [1.807, 2.05) is 18.2 Å². The van der Waals surface area contributed by atoms with Crippen molar-refractivity contribution in [3.05, 3.63) is 65.7 Å². The van der Waals surface area contributed by atoms with E-state index in [1.54, 1.807) is 43.5 Å². The minimum atomic E-state index is -0.769. The summed E-state index contributed by atoms with van der Waals surface area (Å²) in [6.07, 6.45) is 0. The highest BCUT2D eigenvalue weighted by atomic mass is 35.5. The fraction of sp³-hybridized carbons (Fsp3) is 0.348. The number of halogens is 1. The number of benzene rings is 2. The summed E-state index contributed by atoms with van der Waals surface area (Å²) in [6.45, 7) is 0.0857. The first-order chi connectivity index (χ1) is 15.5.